The molecule has 1 amide bonds. The third-order valence-electron chi connectivity index (χ3n) is 8.74. The number of halogens is 2. The van der Waals surface area contributed by atoms with Crippen LogP contribution in [-0.2, 0) is 26.9 Å². The minimum atomic E-state index is -4.55. The normalized spacial score (nSPS) is 18.0. The number of likely N-dealkylation sites (N-methyl/N-ethyl adjacent to an activating group) is 1. The van der Waals surface area contributed by atoms with E-state index in [9.17, 15) is 27.3 Å². The Hall–Kier alpha value is -5.10. The van der Waals surface area contributed by atoms with Crippen molar-refractivity contribution in [3.63, 3.8) is 0 Å². The Bertz CT molecular complexity index is 1980. The third kappa shape index (κ3) is 6.40. The predicted molar refractivity (Wildman–Crippen MR) is 178 cm³/mol. The van der Waals surface area contributed by atoms with Crippen LogP contribution >= 0.6 is 0 Å². The lowest BCUT2D eigenvalue weighted by atomic mass is 9.83. The number of hydrogen-bond acceptors (Lipinski definition) is 10. The molecule has 1 saturated heterocycles. The van der Waals surface area contributed by atoms with Crippen molar-refractivity contribution in [1.82, 2.24) is 15.2 Å². The second-order valence-corrected chi connectivity index (χ2v) is 13.5. The molecule has 0 aliphatic carbocycles. The zero-order valence-electron chi connectivity index (χ0n) is 26.8. The van der Waals surface area contributed by atoms with Crippen molar-refractivity contribution in [2.75, 3.05) is 56.1 Å². The van der Waals surface area contributed by atoms with Gasteiger partial charge in [0, 0.05) is 55.7 Å². The number of fused-ring (bicyclic) bond motifs is 1. The van der Waals surface area contributed by atoms with Crippen LogP contribution in [-0.4, -0.2) is 77.6 Å². The minimum Gasteiger partial charge on any atom is -0.497 e. The molecular formula is C35H34F2N6O5S. The van der Waals surface area contributed by atoms with Gasteiger partial charge in [0.25, 0.3) is 22.4 Å². The number of piperazine rings is 1. The fourth-order valence-corrected chi connectivity index (χ4v) is 7.60. The Morgan fingerprint density at radius 2 is 1.71 bits per heavy atom. The molecule has 11 nitrogen and oxygen atoms in total. The van der Waals surface area contributed by atoms with Gasteiger partial charge in [-0.2, -0.15) is 5.26 Å². The molecule has 2 aliphatic rings. The van der Waals surface area contributed by atoms with Gasteiger partial charge in [-0.1, -0.05) is 12.1 Å². The van der Waals surface area contributed by atoms with E-state index < -0.39 is 34.5 Å². The molecule has 1 atom stereocenters. The van der Waals surface area contributed by atoms with E-state index in [1.165, 1.54) is 67.9 Å². The van der Waals surface area contributed by atoms with Gasteiger partial charge in [-0.05, 0) is 79.3 Å². The van der Waals surface area contributed by atoms with Crippen molar-refractivity contribution in [3.8, 4) is 17.7 Å². The van der Waals surface area contributed by atoms with E-state index in [0.29, 0.717) is 10.1 Å². The van der Waals surface area contributed by atoms with Gasteiger partial charge < -0.3 is 19.3 Å². The summed E-state index contributed by atoms with van der Waals surface area (Å²) in [5.74, 6) is -0.819. The number of carbonyl (C=O) groups is 1. The van der Waals surface area contributed by atoms with Crippen LogP contribution in [0.1, 0.15) is 22.3 Å². The summed E-state index contributed by atoms with van der Waals surface area (Å²) in [7, 11) is -1.03. The molecular weight excluding hydrogens is 654 g/mol. The summed E-state index contributed by atoms with van der Waals surface area (Å²) >= 11 is 0. The molecule has 1 fully saturated rings. The van der Waals surface area contributed by atoms with Crippen LogP contribution < -0.4 is 24.0 Å². The maximum absolute atomic E-state index is 15.0. The number of carbonyl (C=O) groups excluding carboxylic acids is 1. The first-order chi connectivity index (χ1) is 23.6. The topological polar surface area (TPSA) is 128 Å². The average molecular weight is 689 g/mol. The Morgan fingerprint density at radius 1 is 1.00 bits per heavy atom. The van der Waals surface area contributed by atoms with Crippen molar-refractivity contribution in [3.05, 3.63) is 107 Å². The van der Waals surface area contributed by atoms with E-state index in [1.54, 1.807) is 0 Å². The number of amides is 1. The van der Waals surface area contributed by atoms with Crippen LogP contribution in [0.4, 0.5) is 20.2 Å². The molecule has 1 aromatic heterocycles. The molecule has 0 spiro atoms. The first kappa shape index (κ1) is 33.8. The second kappa shape index (κ2) is 13.8. The minimum absolute atomic E-state index is 0.0125. The molecule has 4 aromatic rings. The lowest BCUT2D eigenvalue weighted by molar-refractivity contribution is -0.121. The lowest BCUT2D eigenvalue weighted by Gasteiger charge is -2.34. The SMILES string of the molecule is COc1ccc(S(=O)(=O)N2C(=O)C(NCc3ccc(N4CCN(C)CC4)cc3)(c3cccnc3OCC(F)F)c3cc(C#N)ccc32)cc1. The highest BCUT2D eigenvalue weighted by molar-refractivity contribution is 7.93. The fraction of sp³-hybridized carbons (Fsp3) is 0.286. The van der Waals surface area contributed by atoms with Crippen molar-refractivity contribution < 1.29 is 31.5 Å². The molecule has 3 aromatic carbocycles. The zero-order valence-corrected chi connectivity index (χ0v) is 27.7. The van der Waals surface area contributed by atoms with Crippen molar-refractivity contribution in [2.45, 2.75) is 23.4 Å². The standard InChI is InChI=1S/C35H34F2N6O5S/c1-41-16-18-42(19-17-41)26-8-5-24(6-9-26)22-40-35(29-4-3-15-39-33(29)48-23-32(36)37)30-20-25(21-38)7-14-31(30)43(34(35)44)49(45,46)28-12-10-27(47-2)11-13-28/h3-15,20,32,40H,16-19,22-23H2,1-2H3. The highest BCUT2D eigenvalue weighted by atomic mass is 32.2. The summed E-state index contributed by atoms with van der Waals surface area (Å²) in [6, 6.07) is 22.6. The number of nitriles is 1. The number of alkyl halides is 2. The van der Waals surface area contributed by atoms with E-state index in [-0.39, 0.29) is 39.7 Å². The van der Waals surface area contributed by atoms with Gasteiger partial charge in [0.1, 0.15) is 5.75 Å². The summed E-state index contributed by atoms with van der Waals surface area (Å²) in [5, 5.41) is 13.1. The smallest absolute Gasteiger partial charge is 0.272 e. The van der Waals surface area contributed by atoms with E-state index in [0.717, 1.165) is 37.4 Å². The Morgan fingerprint density at radius 3 is 2.37 bits per heavy atom. The molecule has 0 saturated carbocycles. The molecule has 0 bridgehead atoms. The van der Waals surface area contributed by atoms with E-state index in [2.05, 4.69) is 33.2 Å². The van der Waals surface area contributed by atoms with Crippen molar-refractivity contribution in [2.24, 2.45) is 0 Å². The van der Waals surface area contributed by atoms with Crippen LogP contribution in [0.25, 0.3) is 0 Å². The van der Waals surface area contributed by atoms with Crippen LogP contribution in [0, 0.1) is 11.3 Å². The number of nitrogens with one attached hydrogen (secondary N) is 1. The number of aromatic nitrogens is 1. The Labute approximate surface area is 283 Å². The summed E-state index contributed by atoms with van der Waals surface area (Å²) in [6.07, 6.45) is -1.52. The molecule has 14 heteroatoms. The number of sulfonamides is 1. The summed E-state index contributed by atoms with van der Waals surface area (Å²) in [5.41, 5.74) is 0.0517. The van der Waals surface area contributed by atoms with Gasteiger partial charge >= 0.3 is 0 Å². The molecule has 3 heterocycles. The second-order valence-electron chi connectivity index (χ2n) is 11.7. The van der Waals surface area contributed by atoms with Gasteiger partial charge in [0.15, 0.2) is 12.1 Å². The number of hydrogen-bond donors (Lipinski definition) is 1. The summed E-state index contributed by atoms with van der Waals surface area (Å²) in [6.45, 7) is 2.67. The van der Waals surface area contributed by atoms with Gasteiger partial charge in [-0.3, -0.25) is 10.1 Å². The third-order valence-corrected chi connectivity index (χ3v) is 10.4. The monoisotopic (exact) mass is 688 g/mol. The number of methoxy groups -OCH3 is 1. The van der Waals surface area contributed by atoms with Crippen LogP contribution in [0.3, 0.4) is 0 Å². The van der Waals surface area contributed by atoms with E-state index in [4.69, 9.17) is 9.47 Å². The van der Waals surface area contributed by atoms with E-state index >= 15 is 0 Å². The highest BCUT2D eigenvalue weighted by Crippen LogP contribution is 2.49. The number of anilines is 2. The average Bonchev–Trinajstić information content (AvgIpc) is 3.38. The molecule has 2 aliphatic heterocycles. The number of ether oxygens (including phenoxy) is 2. The van der Waals surface area contributed by atoms with Crippen LogP contribution in [0.15, 0.2) is 90.0 Å². The largest absolute Gasteiger partial charge is 0.497 e. The fourth-order valence-electron chi connectivity index (χ4n) is 6.14. The van der Waals surface area contributed by atoms with Gasteiger partial charge in [0.2, 0.25) is 5.88 Å². The lowest BCUT2D eigenvalue weighted by Crippen LogP contribution is -2.52. The predicted octanol–water partition coefficient (Wildman–Crippen LogP) is 4.13. The maximum atomic E-state index is 15.0. The first-order valence-electron chi connectivity index (χ1n) is 15.5. The molecule has 49 heavy (non-hydrogen) atoms. The molecule has 1 N–H and O–H groups in total. The molecule has 1 unspecified atom stereocenters. The number of nitrogens with zero attached hydrogens (tertiary/aromatic N) is 5. The number of benzene rings is 3. The summed E-state index contributed by atoms with van der Waals surface area (Å²) in [4.78, 5) is 23.5. The first-order valence-corrected chi connectivity index (χ1v) is 16.9. The zero-order chi connectivity index (χ0) is 34.8. The maximum Gasteiger partial charge on any atom is 0.272 e. The molecule has 6 rings (SSSR count). The van der Waals surface area contributed by atoms with Gasteiger partial charge in [-0.15, -0.1) is 0 Å². The number of rotatable bonds is 11. The van der Waals surface area contributed by atoms with Crippen LogP contribution in [0.5, 0.6) is 11.6 Å². The van der Waals surface area contributed by atoms with Crippen molar-refractivity contribution in [1.29, 1.82) is 5.26 Å². The van der Waals surface area contributed by atoms with Crippen LogP contribution in [0.2, 0.25) is 0 Å². The number of pyridine rings is 1. The van der Waals surface area contributed by atoms with Gasteiger partial charge in [-0.25, -0.2) is 26.5 Å². The highest BCUT2D eigenvalue weighted by Gasteiger charge is 2.57. The van der Waals surface area contributed by atoms with Gasteiger partial charge in [0.05, 0.1) is 29.3 Å². The quantitative estimate of drug-likeness (QED) is 0.246. The summed E-state index contributed by atoms with van der Waals surface area (Å²) < 4.78 is 66.6. The van der Waals surface area contributed by atoms with Crippen molar-refractivity contribution >= 4 is 27.3 Å². The van der Waals surface area contributed by atoms with E-state index in [1.807, 2.05) is 24.3 Å². The molecule has 254 valence electrons. The Kier molecular flexibility index (Phi) is 9.51. The Balaban J connectivity index is 1.47. The molecule has 0 radical (unpaired) electrons.